The van der Waals surface area contributed by atoms with Crippen LogP contribution in [0.25, 0.3) is 0 Å². The fourth-order valence-electron chi connectivity index (χ4n) is 3.66. The summed E-state index contributed by atoms with van der Waals surface area (Å²) >= 11 is 0. The average Bonchev–Trinajstić information content (AvgIpc) is 3.15. The number of hydrogen-bond acceptors (Lipinski definition) is 7. The van der Waals surface area contributed by atoms with Crippen LogP contribution < -0.4 is 9.62 Å². The number of benzene rings is 1. The van der Waals surface area contributed by atoms with Gasteiger partial charge in [0.15, 0.2) is 0 Å². The standard InChI is InChI=1S/C22H25F2N5O4S.C2HF3O2/c1-5-29-14(3)17(13(2)26-29)8-9-28(4)21-18(22(30)31)11-16(12-25-21)27-34(32,33)20-10-15(23)6-7-19(20)24;3-2(4,5)1(6)7/h6-7,10-12,27H,5,8-9H2,1-4H3,(H,30,31);(H,6,7). The first-order chi connectivity index (χ1) is 18.9. The Labute approximate surface area is 231 Å². The van der Waals surface area contributed by atoms with Gasteiger partial charge in [-0.05, 0) is 57.0 Å². The van der Waals surface area contributed by atoms with Crippen molar-refractivity contribution < 1.29 is 50.2 Å². The largest absolute Gasteiger partial charge is 0.490 e. The van der Waals surface area contributed by atoms with Gasteiger partial charge in [-0.25, -0.2) is 31.8 Å². The van der Waals surface area contributed by atoms with Crippen molar-refractivity contribution in [2.24, 2.45) is 0 Å². The zero-order valence-electron chi connectivity index (χ0n) is 22.1. The molecule has 41 heavy (non-hydrogen) atoms. The molecule has 0 bridgehead atoms. The number of likely N-dealkylation sites (N-methyl/N-ethyl adjacent to an activating group) is 1. The third-order valence-corrected chi connectivity index (χ3v) is 7.06. The number of nitrogens with one attached hydrogen (secondary N) is 1. The van der Waals surface area contributed by atoms with Crippen LogP contribution in [0.5, 0.6) is 0 Å². The highest BCUT2D eigenvalue weighted by Crippen LogP contribution is 2.25. The van der Waals surface area contributed by atoms with Crippen LogP contribution in [0.15, 0.2) is 35.4 Å². The summed E-state index contributed by atoms with van der Waals surface area (Å²) in [6, 6.07) is 3.10. The minimum Gasteiger partial charge on any atom is -0.478 e. The van der Waals surface area contributed by atoms with Gasteiger partial charge in [-0.15, -0.1) is 0 Å². The number of aromatic carboxylic acids is 1. The summed E-state index contributed by atoms with van der Waals surface area (Å²) in [5, 5.41) is 21.3. The van der Waals surface area contributed by atoms with E-state index in [1.54, 1.807) is 11.9 Å². The first kappa shape index (κ1) is 32.9. The van der Waals surface area contributed by atoms with Gasteiger partial charge in [0, 0.05) is 25.8 Å². The van der Waals surface area contributed by atoms with Crippen LogP contribution in [0.3, 0.4) is 0 Å². The number of carboxylic acid groups (broad SMARTS) is 2. The molecular weight excluding hydrogens is 581 g/mol. The summed E-state index contributed by atoms with van der Waals surface area (Å²) in [4.78, 5) is 25.6. The van der Waals surface area contributed by atoms with Crippen LogP contribution in [-0.4, -0.2) is 65.1 Å². The molecule has 0 atom stereocenters. The Kier molecular flexibility index (Phi) is 10.4. The Morgan fingerprint density at radius 3 is 2.24 bits per heavy atom. The first-order valence-corrected chi connectivity index (χ1v) is 13.1. The van der Waals surface area contributed by atoms with Crippen molar-refractivity contribution in [2.75, 3.05) is 23.2 Å². The number of aromatic nitrogens is 3. The molecule has 0 aliphatic heterocycles. The van der Waals surface area contributed by atoms with Gasteiger partial charge in [0.05, 0.1) is 17.6 Å². The van der Waals surface area contributed by atoms with Crippen molar-refractivity contribution in [3.63, 3.8) is 0 Å². The van der Waals surface area contributed by atoms with E-state index < -0.39 is 44.7 Å². The van der Waals surface area contributed by atoms with E-state index in [1.807, 2.05) is 25.5 Å². The van der Waals surface area contributed by atoms with Gasteiger partial charge in [0.1, 0.15) is 27.9 Å². The molecule has 0 aliphatic carbocycles. The molecule has 0 aliphatic rings. The van der Waals surface area contributed by atoms with Gasteiger partial charge < -0.3 is 15.1 Å². The van der Waals surface area contributed by atoms with E-state index in [0.29, 0.717) is 25.1 Å². The normalized spacial score (nSPS) is 11.4. The number of halogens is 5. The van der Waals surface area contributed by atoms with Crippen LogP contribution in [0.1, 0.15) is 34.2 Å². The molecule has 3 N–H and O–H groups in total. The Balaban J connectivity index is 0.000000745. The van der Waals surface area contributed by atoms with Crippen LogP contribution in [-0.2, 0) is 27.8 Å². The Hall–Kier alpha value is -4.28. The minimum absolute atomic E-state index is 0.130. The van der Waals surface area contributed by atoms with Crippen LogP contribution in [0.2, 0.25) is 0 Å². The topological polar surface area (TPSA) is 155 Å². The van der Waals surface area contributed by atoms with E-state index in [4.69, 9.17) is 9.90 Å². The van der Waals surface area contributed by atoms with Crippen molar-refractivity contribution in [3.8, 4) is 0 Å². The van der Waals surface area contributed by atoms with Crippen molar-refractivity contribution in [1.82, 2.24) is 14.8 Å². The number of carbonyl (C=O) groups is 2. The quantitative estimate of drug-likeness (QED) is 0.306. The van der Waals surface area contributed by atoms with E-state index in [-0.39, 0.29) is 17.1 Å². The van der Waals surface area contributed by atoms with Crippen molar-refractivity contribution >= 4 is 33.5 Å². The molecule has 0 saturated heterocycles. The molecule has 0 spiro atoms. The summed E-state index contributed by atoms with van der Waals surface area (Å²) in [6.07, 6.45) is -3.36. The molecule has 224 valence electrons. The third kappa shape index (κ3) is 8.36. The summed E-state index contributed by atoms with van der Waals surface area (Å²) in [7, 11) is -2.84. The molecule has 0 radical (unpaired) electrons. The van der Waals surface area contributed by atoms with Crippen molar-refractivity contribution in [3.05, 3.63) is 64.6 Å². The van der Waals surface area contributed by atoms with Gasteiger partial charge in [0.2, 0.25) is 0 Å². The van der Waals surface area contributed by atoms with Gasteiger partial charge in [-0.1, -0.05) is 0 Å². The number of carboxylic acids is 2. The zero-order valence-corrected chi connectivity index (χ0v) is 22.9. The van der Waals surface area contributed by atoms with Gasteiger partial charge in [0.25, 0.3) is 10.0 Å². The van der Waals surface area contributed by atoms with Crippen molar-refractivity contribution in [1.29, 1.82) is 0 Å². The first-order valence-electron chi connectivity index (χ1n) is 11.6. The van der Waals surface area contributed by atoms with E-state index in [9.17, 15) is 40.3 Å². The Morgan fingerprint density at radius 1 is 1.12 bits per heavy atom. The lowest BCUT2D eigenvalue weighted by atomic mass is 10.1. The summed E-state index contributed by atoms with van der Waals surface area (Å²) in [5.74, 6) is -6.02. The highest BCUT2D eigenvalue weighted by Gasteiger charge is 2.38. The van der Waals surface area contributed by atoms with Crippen molar-refractivity contribution in [2.45, 2.75) is 44.8 Å². The third-order valence-electron chi connectivity index (χ3n) is 5.66. The minimum atomic E-state index is -5.08. The number of aliphatic carboxylic acids is 1. The number of pyridine rings is 1. The molecule has 3 rings (SSSR count). The van der Waals surface area contributed by atoms with E-state index in [0.717, 1.165) is 41.8 Å². The molecule has 0 saturated carbocycles. The predicted molar refractivity (Wildman–Crippen MR) is 136 cm³/mol. The maximum Gasteiger partial charge on any atom is 0.490 e. The zero-order chi connectivity index (χ0) is 31.3. The Bertz CT molecular complexity index is 1540. The summed E-state index contributed by atoms with van der Waals surface area (Å²) in [5.41, 5.74) is 2.55. The number of aryl methyl sites for hydroxylation is 2. The molecule has 0 fully saturated rings. The molecule has 0 amide bonds. The molecule has 2 aromatic heterocycles. The fraction of sp³-hybridized carbons (Fsp3) is 0.333. The van der Waals surface area contributed by atoms with Gasteiger partial charge >= 0.3 is 18.1 Å². The Morgan fingerprint density at radius 2 is 1.73 bits per heavy atom. The average molecular weight is 608 g/mol. The SMILES string of the molecule is CCn1nc(C)c(CCN(C)c2ncc(NS(=O)(=O)c3cc(F)ccc3F)cc2C(=O)O)c1C.O=C(O)C(F)(F)F. The second kappa shape index (κ2) is 12.9. The maximum absolute atomic E-state index is 13.9. The molecule has 3 aromatic rings. The van der Waals surface area contributed by atoms with Crippen LogP contribution in [0.4, 0.5) is 33.5 Å². The lowest BCUT2D eigenvalue weighted by Crippen LogP contribution is -2.24. The number of nitrogens with zero attached hydrogens (tertiary/aromatic N) is 4. The number of hydrogen-bond donors (Lipinski definition) is 3. The smallest absolute Gasteiger partial charge is 0.478 e. The van der Waals surface area contributed by atoms with Crippen LogP contribution in [0, 0.1) is 25.5 Å². The number of sulfonamides is 1. The fourth-order valence-corrected chi connectivity index (χ4v) is 4.78. The van der Waals surface area contributed by atoms with Gasteiger partial charge in [-0.3, -0.25) is 9.40 Å². The second-order valence-corrected chi connectivity index (χ2v) is 10.2. The number of alkyl halides is 3. The molecule has 17 heteroatoms. The van der Waals surface area contributed by atoms with E-state index in [1.165, 1.54) is 0 Å². The lowest BCUT2D eigenvalue weighted by molar-refractivity contribution is -0.192. The molecular formula is C24H26F5N5O6S. The molecule has 2 heterocycles. The number of anilines is 2. The molecule has 0 unspecified atom stereocenters. The highest BCUT2D eigenvalue weighted by atomic mass is 32.2. The summed E-state index contributed by atoms with van der Waals surface area (Å²) in [6.45, 7) is 7.06. The highest BCUT2D eigenvalue weighted by molar-refractivity contribution is 7.92. The predicted octanol–water partition coefficient (Wildman–Crippen LogP) is 4.00. The van der Waals surface area contributed by atoms with E-state index in [2.05, 4.69) is 14.8 Å². The van der Waals surface area contributed by atoms with E-state index >= 15 is 0 Å². The molecule has 1 aromatic carbocycles. The second-order valence-electron chi connectivity index (χ2n) is 8.52. The van der Waals surface area contributed by atoms with Crippen LogP contribution >= 0.6 is 0 Å². The monoisotopic (exact) mass is 607 g/mol. The van der Waals surface area contributed by atoms with Gasteiger partial charge in [-0.2, -0.15) is 18.3 Å². The maximum atomic E-state index is 13.9. The molecule has 11 nitrogen and oxygen atoms in total. The number of rotatable bonds is 9. The summed E-state index contributed by atoms with van der Waals surface area (Å²) < 4.78 is 88.1. The lowest BCUT2D eigenvalue weighted by Gasteiger charge is -2.21.